The molecule has 57 heavy (non-hydrogen) atoms. The standard InChI is InChI=1S/C51H34N4O2/c1-3-13-31(14-4-1)49-52-50(32-15-5-2-6-16-32)54-51(53-49)34-26-28-45-40(30-34)39-29-33(25-27-44(39)56-45)35-19-11-20-38-47-43(23-12-24-46(47)57-48(35)38)55-41-21-9-7-17-36(41)37-18-8-10-22-42(37)55/h1-30,49,51,53H,(H,52,54). The number of fused-ring (bicyclic) bond motifs is 9. The number of hydrogen-bond acceptors (Lipinski definition) is 5. The molecule has 2 N–H and O–H groups in total. The Labute approximate surface area is 327 Å². The van der Waals surface area contributed by atoms with Crippen LogP contribution in [0.5, 0.6) is 0 Å². The molecule has 0 spiro atoms. The van der Waals surface area contributed by atoms with Gasteiger partial charge in [0.25, 0.3) is 0 Å². The Kier molecular flexibility index (Phi) is 7.03. The van der Waals surface area contributed by atoms with Crippen LogP contribution in [0.4, 0.5) is 0 Å². The third kappa shape index (κ3) is 5.04. The van der Waals surface area contributed by atoms with Gasteiger partial charge in [-0.3, -0.25) is 5.32 Å². The molecule has 11 aromatic rings. The molecule has 0 bridgehead atoms. The van der Waals surface area contributed by atoms with E-state index >= 15 is 0 Å². The number of furan rings is 2. The van der Waals surface area contributed by atoms with Gasteiger partial charge in [-0.1, -0.05) is 133 Å². The van der Waals surface area contributed by atoms with Crippen LogP contribution in [0.2, 0.25) is 0 Å². The molecule has 0 saturated carbocycles. The number of hydrogen-bond donors (Lipinski definition) is 2. The zero-order chi connectivity index (χ0) is 37.5. The second kappa shape index (κ2) is 12.6. The number of rotatable bonds is 5. The third-order valence-corrected chi connectivity index (χ3v) is 11.5. The fourth-order valence-corrected chi connectivity index (χ4v) is 8.85. The van der Waals surface area contributed by atoms with Gasteiger partial charge in [0.05, 0.1) is 22.1 Å². The molecule has 0 fully saturated rings. The fraction of sp³-hybridized carbons (Fsp3) is 0.0392. The van der Waals surface area contributed by atoms with E-state index in [9.17, 15) is 0 Å². The maximum atomic E-state index is 6.81. The first kappa shape index (κ1) is 31.9. The van der Waals surface area contributed by atoms with Crippen molar-refractivity contribution in [3.8, 4) is 16.8 Å². The average Bonchev–Trinajstić information content (AvgIpc) is 3.96. The smallest absolute Gasteiger partial charge is 0.143 e. The summed E-state index contributed by atoms with van der Waals surface area (Å²) in [7, 11) is 0. The van der Waals surface area contributed by atoms with Crippen LogP contribution in [0.3, 0.4) is 0 Å². The molecule has 0 saturated heterocycles. The molecule has 1 aliphatic heterocycles. The lowest BCUT2D eigenvalue weighted by atomic mass is 9.99. The fourth-order valence-electron chi connectivity index (χ4n) is 8.85. The van der Waals surface area contributed by atoms with Gasteiger partial charge in [-0.15, -0.1) is 0 Å². The number of amidine groups is 1. The van der Waals surface area contributed by atoms with E-state index in [2.05, 4.69) is 173 Å². The topological polar surface area (TPSA) is 67.6 Å². The van der Waals surface area contributed by atoms with E-state index in [-0.39, 0.29) is 12.3 Å². The minimum atomic E-state index is -0.280. The van der Waals surface area contributed by atoms with Gasteiger partial charge in [0.2, 0.25) is 0 Å². The number of nitrogens with one attached hydrogen (secondary N) is 2. The number of nitrogens with zero attached hydrogens (tertiary/aromatic N) is 2. The molecular formula is C51H34N4O2. The summed E-state index contributed by atoms with van der Waals surface area (Å²) in [5, 5.41) is 14.1. The minimum absolute atomic E-state index is 0.118. The van der Waals surface area contributed by atoms with E-state index in [0.29, 0.717) is 0 Å². The Hall–Kier alpha value is -7.41. The van der Waals surface area contributed by atoms with Gasteiger partial charge in [0.1, 0.15) is 40.5 Å². The highest BCUT2D eigenvalue weighted by Crippen LogP contribution is 2.42. The summed E-state index contributed by atoms with van der Waals surface area (Å²) in [6, 6.07) is 63.8. The summed E-state index contributed by atoms with van der Waals surface area (Å²) in [6.45, 7) is 0. The maximum absolute atomic E-state index is 6.81. The van der Waals surface area contributed by atoms with Crippen LogP contribution < -0.4 is 10.6 Å². The summed E-state index contributed by atoms with van der Waals surface area (Å²) in [5.74, 6) is 0.855. The SMILES string of the molecule is c1ccc(C2=NC(c3ccc4oc5ccc(-c6cccc7c6oc6cccc(-n8c9ccccc9c9ccccc98)c67)cc5c4c3)NC(c3ccccc3)N2)cc1. The zero-order valence-corrected chi connectivity index (χ0v) is 30.7. The predicted molar refractivity (Wildman–Crippen MR) is 232 cm³/mol. The molecule has 0 aliphatic carbocycles. The van der Waals surface area contributed by atoms with Crippen LogP contribution in [0.25, 0.3) is 82.5 Å². The lowest BCUT2D eigenvalue weighted by Crippen LogP contribution is -2.44. The van der Waals surface area contributed by atoms with Crippen LogP contribution >= 0.6 is 0 Å². The molecule has 3 aromatic heterocycles. The normalized spacial score (nSPS) is 15.9. The van der Waals surface area contributed by atoms with Crippen LogP contribution in [0.1, 0.15) is 29.0 Å². The van der Waals surface area contributed by atoms with Crippen molar-refractivity contribution < 1.29 is 8.83 Å². The highest BCUT2D eigenvalue weighted by Gasteiger charge is 2.26. The summed E-state index contributed by atoms with van der Waals surface area (Å²) in [5.41, 5.74) is 12.2. The molecule has 0 radical (unpaired) electrons. The molecule has 12 rings (SSSR count). The monoisotopic (exact) mass is 734 g/mol. The van der Waals surface area contributed by atoms with Gasteiger partial charge >= 0.3 is 0 Å². The Morgan fingerprint density at radius 3 is 1.93 bits per heavy atom. The minimum Gasteiger partial charge on any atom is -0.456 e. The second-order valence-electron chi connectivity index (χ2n) is 14.8. The molecule has 2 atom stereocenters. The number of aliphatic imine (C=N–C) groups is 1. The Balaban J connectivity index is 0.990. The molecular weight excluding hydrogens is 701 g/mol. The third-order valence-electron chi connectivity index (χ3n) is 11.5. The van der Waals surface area contributed by atoms with Crippen molar-refractivity contribution >= 4 is 71.5 Å². The largest absolute Gasteiger partial charge is 0.456 e. The van der Waals surface area contributed by atoms with Crippen LogP contribution in [0.15, 0.2) is 196 Å². The quantitative estimate of drug-likeness (QED) is 0.185. The van der Waals surface area contributed by atoms with Crippen molar-refractivity contribution in [1.82, 2.24) is 15.2 Å². The lowest BCUT2D eigenvalue weighted by molar-refractivity contribution is 0.409. The van der Waals surface area contributed by atoms with Crippen molar-refractivity contribution in [3.05, 3.63) is 199 Å². The van der Waals surface area contributed by atoms with Crippen molar-refractivity contribution in [2.24, 2.45) is 4.99 Å². The Morgan fingerprint density at radius 1 is 0.474 bits per heavy atom. The molecule has 0 amide bonds. The molecule has 1 aliphatic rings. The van der Waals surface area contributed by atoms with Crippen molar-refractivity contribution in [1.29, 1.82) is 0 Å². The van der Waals surface area contributed by atoms with Crippen LogP contribution in [-0.4, -0.2) is 10.4 Å². The van der Waals surface area contributed by atoms with E-state index in [0.717, 1.165) is 83.2 Å². The first-order valence-corrected chi connectivity index (χ1v) is 19.4. The van der Waals surface area contributed by atoms with E-state index in [1.54, 1.807) is 0 Å². The highest BCUT2D eigenvalue weighted by molar-refractivity contribution is 6.17. The molecule has 270 valence electrons. The molecule has 2 unspecified atom stereocenters. The Bertz CT molecular complexity index is 3320. The van der Waals surface area contributed by atoms with Crippen LogP contribution in [0, 0.1) is 0 Å². The first-order chi connectivity index (χ1) is 28.2. The highest BCUT2D eigenvalue weighted by atomic mass is 16.3. The van der Waals surface area contributed by atoms with E-state index in [1.165, 1.54) is 21.8 Å². The van der Waals surface area contributed by atoms with Gasteiger partial charge < -0.3 is 18.7 Å². The molecule has 8 aromatic carbocycles. The number of para-hydroxylation sites is 3. The molecule has 4 heterocycles. The van der Waals surface area contributed by atoms with Crippen molar-refractivity contribution in [2.75, 3.05) is 0 Å². The predicted octanol–water partition coefficient (Wildman–Crippen LogP) is 12.6. The van der Waals surface area contributed by atoms with Gasteiger partial charge in [0.15, 0.2) is 0 Å². The second-order valence-corrected chi connectivity index (χ2v) is 14.8. The van der Waals surface area contributed by atoms with E-state index < -0.39 is 0 Å². The van der Waals surface area contributed by atoms with Gasteiger partial charge in [0, 0.05) is 38.1 Å². The summed E-state index contributed by atoms with van der Waals surface area (Å²) in [4.78, 5) is 5.20. The van der Waals surface area contributed by atoms with E-state index in [1.807, 2.05) is 24.3 Å². The number of benzene rings is 8. The average molecular weight is 735 g/mol. The summed E-state index contributed by atoms with van der Waals surface area (Å²) in [6.07, 6.45) is -0.399. The molecule has 6 nitrogen and oxygen atoms in total. The lowest BCUT2D eigenvalue weighted by Gasteiger charge is -2.32. The maximum Gasteiger partial charge on any atom is 0.143 e. The zero-order valence-electron chi connectivity index (χ0n) is 30.7. The van der Waals surface area contributed by atoms with E-state index in [4.69, 9.17) is 13.8 Å². The van der Waals surface area contributed by atoms with Crippen molar-refractivity contribution in [3.63, 3.8) is 0 Å². The van der Waals surface area contributed by atoms with Crippen LogP contribution in [-0.2, 0) is 0 Å². The Morgan fingerprint density at radius 2 is 1.14 bits per heavy atom. The first-order valence-electron chi connectivity index (χ1n) is 19.4. The molecule has 6 heteroatoms. The summed E-state index contributed by atoms with van der Waals surface area (Å²) < 4.78 is 15.6. The van der Waals surface area contributed by atoms with Gasteiger partial charge in [-0.2, -0.15) is 0 Å². The summed E-state index contributed by atoms with van der Waals surface area (Å²) >= 11 is 0. The van der Waals surface area contributed by atoms with Gasteiger partial charge in [-0.25, -0.2) is 4.99 Å². The van der Waals surface area contributed by atoms with Crippen molar-refractivity contribution in [2.45, 2.75) is 12.3 Å². The van der Waals surface area contributed by atoms with Gasteiger partial charge in [-0.05, 0) is 65.2 Å². The number of aromatic nitrogens is 1.